The van der Waals surface area contributed by atoms with Crippen LogP contribution >= 0.6 is 0 Å². The van der Waals surface area contributed by atoms with Crippen LogP contribution in [0, 0.1) is 6.92 Å². The molecule has 0 atom stereocenters. The van der Waals surface area contributed by atoms with Gasteiger partial charge in [0.15, 0.2) is 6.61 Å². The summed E-state index contributed by atoms with van der Waals surface area (Å²) in [4.78, 5) is 24.3. The minimum Gasteiger partial charge on any atom is -0.484 e. The smallest absolute Gasteiger partial charge is 0.338 e. The van der Waals surface area contributed by atoms with E-state index in [-0.39, 0.29) is 19.1 Å². The number of benzene rings is 3. The van der Waals surface area contributed by atoms with Gasteiger partial charge in [0.2, 0.25) is 10.0 Å². The normalized spacial score (nSPS) is 11.0. The van der Waals surface area contributed by atoms with Crippen molar-refractivity contribution in [3.63, 3.8) is 0 Å². The fourth-order valence-corrected chi connectivity index (χ4v) is 4.28. The van der Waals surface area contributed by atoms with Gasteiger partial charge in [-0.15, -0.1) is 0 Å². The number of amides is 1. The Hall–Kier alpha value is -3.85. The van der Waals surface area contributed by atoms with Crippen molar-refractivity contribution in [2.75, 3.05) is 29.1 Å². The van der Waals surface area contributed by atoms with Crippen LogP contribution in [0.15, 0.2) is 72.8 Å². The van der Waals surface area contributed by atoms with Crippen LogP contribution in [0.4, 0.5) is 11.4 Å². The van der Waals surface area contributed by atoms with Crippen LogP contribution in [0.2, 0.25) is 0 Å². The average Bonchev–Trinajstić information content (AvgIpc) is 2.87. The molecule has 0 unspecified atom stereocenters. The highest BCUT2D eigenvalue weighted by Crippen LogP contribution is 2.24. The van der Waals surface area contributed by atoms with Crippen molar-refractivity contribution in [2.45, 2.75) is 33.2 Å². The predicted molar refractivity (Wildman–Crippen MR) is 144 cm³/mol. The first-order valence-electron chi connectivity index (χ1n) is 12.0. The summed E-state index contributed by atoms with van der Waals surface area (Å²) in [6.07, 6.45) is 2.92. The number of carbonyl (C=O) groups is 2. The zero-order chi connectivity index (χ0) is 26.8. The van der Waals surface area contributed by atoms with Gasteiger partial charge in [-0.05, 0) is 67.4 Å². The summed E-state index contributed by atoms with van der Waals surface area (Å²) in [5, 5.41) is 2.71. The van der Waals surface area contributed by atoms with Crippen LogP contribution in [0.5, 0.6) is 5.75 Å². The predicted octanol–water partition coefficient (Wildman–Crippen LogP) is 4.94. The molecule has 37 heavy (non-hydrogen) atoms. The summed E-state index contributed by atoms with van der Waals surface area (Å²) in [6.45, 7) is 4.34. The van der Waals surface area contributed by atoms with Crippen molar-refractivity contribution >= 4 is 33.3 Å². The third kappa shape index (κ3) is 8.64. The molecule has 0 aliphatic rings. The molecule has 196 valence electrons. The number of sulfonamides is 1. The summed E-state index contributed by atoms with van der Waals surface area (Å²) < 4.78 is 36.9. The minimum atomic E-state index is -3.51. The van der Waals surface area contributed by atoms with Gasteiger partial charge in [0.05, 0.1) is 30.7 Å². The first-order valence-corrected chi connectivity index (χ1v) is 13.8. The number of hydrogen-bond acceptors (Lipinski definition) is 6. The molecule has 1 N–H and O–H groups in total. The Morgan fingerprint density at radius 3 is 2.16 bits per heavy atom. The van der Waals surface area contributed by atoms with E-state index in [1.54, 1.807) is 48.5 Å². The third-order valence-electron chi connectivity index (χ3n) is 5.48. The lowest BCUT2D eigenvalue weighted by Crippen LogP contribution is -2.29. The topological polar surface area (TPSA) is 102 Å². The number of esters is 1. The third-order valence-corrected chi connectivity index (χ3v) is 6.62. The summed E-state index contributed by atoms with van der Waals surface area (Å²) in [5.74, 6) is -0.348. The van der Waals surface area contributed by atoms with Crippen LogP contribution in [-0.4, -0.2) is 39.8 Å². The molecule has 0 radical (unpaired) electrons. The van der Waals surface area contributed by atoms with Gasteiger partial charge in [-0.2, -0.15) is 0 Å². The van der Waals surface area contributed by atoms with Crippen LogP contribution in [0.3, 0.4) is 0 Å². The maximum absolute atomic E-state index is 12.4. The number of ether oxygens (including phenoxy) is 2. The van der Waals surface area contributed by atoms with E-state index in [1.165, 1.54) is 4.31 Å². The van der Waals surface area contributed by atoms with Crippen LogP contribution in [-0.2, 0) is 26.1 Å². The SMILES string of the molecule is CCCCOC(=O)c1ccc(NC(=O)COc2ccc(N(Cc3ccc(C)cc3)S(C)(=O)=O)cc2)cc1. The van der Waals surface area contributed by atoms with Gasteiger partial charge < -0.3 is 14.8 Å². The van der Waals surface area contributed by atoms with E-state index in [0.717, 1.165) is 30.2 Å². The van der Waals surface area contributed by atoms with Crippen molar-refractivity contribution in [3.8, 4) is 5.75 Å². The average molecular weight is 525 g/mol. The Morgan fingerprint density at radius 2 is 1.57 bits per heavy atom. The number of carbonyl (C=O) groups excluding carboxylic acids is 2. The second kappa shape index (κ2) is 12.9. The second-order valence-electron chi connectivity index (χ2n) is 8.65. The molecule has 0 saturated carbocycles. The monoisotopic (exact) mass is 524 g/mol. The number of aryl methyl sites for hydroxylation is 1. The van der Waals surface area contributed by atoms with Gasteiger partial charge in [-0.1, -0.05) is 43.2 Å². The number of anilines is 2. The van der Waals surface area contributed by atoms with Gasteiger partial charge in [0, 0.05) is 5.69 Å². The second-order valence-corrected chi connectivity index (χ2v) is 10.6. The van der Waals surface area contributed by atoms with Crippen molar-refractivity contribution in [1.82, 2.24) is 0 Å². The molecular weight excluding hydrogens is 492 g/mol. The van der Waals surface area contributed by atoms with Gasteiger partial charge in [0.25, 0.3) is 5.91 Å². The Balaban J connectivity index is 1.54. The summed E-state index contributed by atoms with van der Waals surface area (Å²) >= 11 is 0. The van der Waals surface area contributed by atoms with Gasteiger partial charge in [-0.3, -0.25) is 9.10 Å². The molecule has 8 nitrogen and oxygen atoms in total. The standard InChI is InChI=1S/C28H32N2O6S/c1-4-5-18-35-28(32)23-10-12-24(13-11-23)29-27(31)20-36-26-16-14-25(15-17-26)30(37(3,33)34)19-22-8-6-21(2)7-9-22/h6-17H,4-5,18-20H2,1-3H3,(H,29,31). The number of unbranched alkanes of at least 4 members (excludes halogenated alkanes) is 1. The highest BCUT2D eigenvalue weighted by atomic mass is 32.2. The Morgan fingerprint density at radius 1 is 0.919 bits per heavy atom. The van der Waals surface area contributed by atoms with Crippen molar-refractivity contribution in [1.29, 1.82) is 0 Å². The van der Waals surface area contributed by atoms with E-state index in [1.807, 2.05) is 38.1 Å². The fraction of sp³-hybridized carbons (Fsp3) is 0.286. The van der Waals surface area contributed by atoms with E-state index >= 15 is 0 Å². The zero-order valence-corrected chi connectivity index (χ0v) is 22.1. The first-order chi connectivity index (χ1) is 17.7. The first kappa shape index (κ1) is 27.7. The molecule has 0 aromatic heterocycles. The van der Waals surface area contributed by atoms with E-state index < -0.39 is 16.0 Å². The number of hydrogen-bond donors (Lipinski definition) is 1. The molecule has 0 heterocycles. The summed E-state index contributed by atoms with van der Waals surface area (Å²) in [7, 11) is -3.51. The Labute approximate surface area is 218 Å². The van der Waals surface area contributed by atoms with E-state index in [0.29, 0.717) is 29.3 Å². The van der Waals surface area contributed by atoms with Gasteiger partial charge in [0.1, 0.15) is 5.75 Å². The molecule has 3 aromatic rings. The molecular formula is C28H32N2O6S. The maximum atomic E-state index is 12.4. The van der Waals surface area contributed by atoms with Crippen LogP contribution in [0.25, 0.3) is 0 Å². The van der Waals surface area contributed by atoms with Crippen molar-refractivity contribution in [2.24, 2.45) is 0 Å². The molecule has 9 heteroatoms. The molecule has 1 amide bonds. The molecule has 0 aliphatic carbocycles. The van der Waals surface area contributed by atoms with Gasteiger partial charge >= 0.3 is 5.97 Å². The number of nitrogens with one attached hydrogen (secondary N) is 1. The van der Waals surface area contributed by atoms with Gasteiger partial charge in [-0.25, -0.2) is 13.2 Å². The van der Waals surface area contributed by atoms with E-state index in [4.69, 9.17) is 9.47 Å². The molecule has 0 fully saturated rings. The van der Waals surface area contributed by atoms with Crippen LogP contribution < -0.4 is 14.4 Å². The lowest BCUT2D eigenvalue weighted by atomic mass is 10.1. The molecule has 0 saturated heterocycles. The fourth-order valence-electron chi connectivity index (χ4n) is 3.40. The lowest BCUT2D eigenvalue weighted by molar-refractivity contribution is -0.118. The Bertz CT molecular complexity index is 1290. The highest BCUT2D eigenvalue weighted by molar-refractivity contribution is 7.92. The molecule has 3 aromatic carbocycles. The largest absolute Gasteiger partial charge is 0.484 e. The molecule has 0 spiro atoms. The van der Waals surface area contributed by atoms with E-state index in [2.05, 4.69) is 5.32 Å². The van der Waals surface area contributed by atoms with E-state index in [9.17, 15) is 18.0 Å². The quantitative estimate of drug-likeness (QED) is 0.266. The lowest BCUT2D eigenvalue weighted by Gasteiger charge is -2.23. The zero-order valence-electron chi connectivity index (χ0n) is 21.3. The molecule has 0 bridgehead atoms. The molecule has 3 rings (SSSR count). The summed E-state index contributed by atoms with van der Waals surface area (Å²) in [6, 6.07) is 20.6. The number of nitrogens with zero attached hydrogens (tertiary/aromatic N) is 1. The van der Waals surface area contributed by atoms with Crippen LogP contribution in [0.1, 0.15) is 41.3 Å². The van der Waals surface area contributed by atoms with Crippen molar-refractivity contribution < 1.29 is 27.5 Å². The Kier molecular flexibility index (Phi) is 9.68. The summed E-state index contributed by atoms with van der Waals surface area (Å²) in [5.41, 5.74) is 3.40. The highest BCUT2D eigenvalue weighted by Gasteiger charge is 2.18. The van der Waals surface area contributed by atoms with Crippen molar-refractivity contribution in [3.05, 3.63) is 89.5 Å². The maximum Gasteiger partial charge on any atom is 0.338 e. The number of rotatable bonds is 12. The molecule has 0 aliphatic heterocycles. The minimum absolute atomic E-state index is 0.205.